The van der Waals surface area contributed by atoms with Gasteiger partial charge < -0.3 is 20.2 Å². The summed E-state index contributed by atoms with van der Waals surface area (Å²) in [5.41, 5.74) is 0. The SMILES string of the molecule is CCN(CC)CCC(CNCCN(C)C)N(C)CCO. The molecule has 20 heavy (non-hydrogen) atoms. The van der Waals surface area contributed by atoms with Gasteiger partial charge in [0.1, 0.15) is 0 Å². The van der Waals surface area contributed by atoms with E-state index in [4.69, 9.17) is 5.11 Å². The molecule has 0 amide bonds. The lowest BCUT2D eigenvalue weighted by Gasteiger charge is -2.30. The van der Waals surface area contributed by atoms with Crippen LogP contribution in [0.1, 0.15) is 20.3 Å². The average molecular weight is 288 g/mol. The van der Waals surface area contributed by atoms with Crippen molar-refractivity contribution in [2.75, 3.05) is 73.6 Å². The largest absolute Gasteiger partial charge is 0.395 e. The van der Waals surface area contributed by atoms with Crippen molar-refractivity contribution in [1.82, 2.24) is 20.0 Å². The monoisotopic (exact) mass is 288 g/mol. The van der Waals surface area contributed by atoms with Gasteiger partial charge in [-0.25, -0.2) is 0 Å². The Labute approximate surface area is 125 Å². The van der Waals surface area contributed by atoms with Crippen LogP contribution in [0.25, 0.3) is 0 Å². The van der Waals surface area contributed by atoms with E-state index in [0.29, 0.717) is 6.04 Å². The summed E-state index contributed by atoms with van der Waals surface area (Å²) in [7, 11) is 6.30. The molecule has 0 bridgehead atoms. The van der Waals surface area contributed by atoms with Crippen LogP contribution in [-0.2, 0) is 0 Å². The first-order valence-corrected chi connectivity index (χ1v) is 7.94. The van der Waals surface area contributed by atoms with Crippen molar-refractivity contribution in [2.45, 2.75) is 26.3 Å². The van der Waals surface area contributed by atoms with Crippen molar-refractivity contribution in [3.05, 3.63) is 0 Å². The van der Waals surface area contributed by atoms with Crippen LogP contribution in [0.4, 0.5) is 0 Å². The molecule has 1 unspecified atom stereocenters. The van der Waals surface area contributed by atoms with Gasteiger partial charge in [-0.2, -0.15) is 0 Å². The molecule has 0 rings (SSSR count). The van der Waals surface area contributed by atoms with Crippen LogP contribution in [0.2, 0.25) is 0 Å². The molecule has 5 heteroatoms. The maximum Gasteiger partial charge on any atom is 0.0558 e. The highest BCUT2D eigenvalue weighted by molar-refractivity contribution is 4.73. The van der Waals surface area contributed by atoms with E-state index in [-0.39, 0.29) is 6.61 Å². The lowest BCUT2D eigenvalue weighted by atomic mass is 10.1. The number of likely N-dealkylation sites (N-methyl/N-ethyl adjacent to an activating group) is 2. The van der Waals surface area contributed by atoms with E-state index in [0.717, 1.165) is 52.2 Å². The minimum Gasteiger partial charge on any atom is -0.395 e. The Morgan fingerprint density at radius 1 is 1.00 bits per heavy atom. The maximum absolute atomic E-state index is 9.12. The Morgan fingerprint density at radius 3 is 2.15 bits per heavy atom. The third kappa shape index (κ3) is 9.66. The van der Waals surface area contributed by atoms with Crippen LogP contribution in [0.5, 0.6) is 0 Å². The first-order chi connectivity index (χ1) is 9.54. The zero-order valence-corrected chi connectivity index (χ0v) is 14.2. The van der Waals surface area contributed by atoms with E-state index < -0.39 is 0 Å². The molecule has 0 aliphatic heterocycles. The van der Waals surface area contributed by atoms with E-state index in [9.17, 15) is 0 Å². The number of aliphatic hydroxyl groups excluding tert-OH is 1. The van der Waals surface area contributed by atoms with Gasteiger partial charge >= 0.3 is 0 Å². The molecule has 0 heterocycles. The Bertz CT molecular complexity index is 210. The molecule has 0 aromatic carbocycles. The second-order valence-electron chi connectivity index (χ2n) is 5.68. The molecule has 0 aromatic heterocycles. The molecule has 1 atom stereocenters. The second-order valence-corrected chi connectivity index (χ2v) is 5.68. The van der Waals surface area contributed by atoms with Gasteiger partial charge in [-0.3, -0.25) is 4.90 Å². The number of hydrogen-bond donors (Lipinski definition) is 2. The molecule has 0 radical (unpaired) electrons. The molecule has 0 aromatic rings. The second kappa shape index (κ2) is 12.5. The van der Waals surface area contributed by atoms with Gasteiger partial charge in [-0.1, -0.05) is 13.8 Å². The summed E-state index contributed by atoms with van der Waals surface area (Å²) in [6.45, 7) is 11.8. The van der Waals surface area contributed by atoms with E-state index in [1.165, 1.54) is 0 Å². The summed E-state index contributed by atoms with van der Waals surface area (Å²) in [5, 5.41) is 12.7. The van der Waals surface area contributed by atoms with Crippen molar-refractivity contribution in [3.8, 4) is 0 Å². The minimum atomic E-state index is 0.232. The smallest absolute Gasteiger partial charge is 0.0558 e. The minimum absolute atomic E-state index is 0.232. The zero-order valence-electron chi connectivity index (χ0n) is 14.2. The fraction of sp³-hybridized carbons (Fsp3) is 1.00. The van der Waals surface area contributed by atoms with Gasteiger partial charge in [0.05, 0.1) is 6.61 Å². The molecule has 0 spiro atoms. The van der Waals surface area contributed by atoms with Gasteiger partial charge in [0, 0.05) is 32.2 Å². The van der Waals surface area contributed by atoms with E-state index >= 15 is 0 Å². The lowest BCUT2D eigenvalue weighted by Crippen LogP contribution is -2.44. The van der Waals surface area contributed by atoms with Gasteiger partial charge in [-0.15, -0.1) is 0 Å². The van der Waals surface area contributed by atoms with Crippen LogP contribution in [-0.4, -0.2) is 99.4 Å². The van der Waals surface area contributed by atoms with Crippen molar-refractivity contribution in [3.63, 3.8) is 0 Å². The van der Waals surface area contributed by atoms with Crippen molar-refractivity contribution >= 4 is 0 Å². The van der Waals surface area contributed by atoms with Crippen LogP contribution in [0.3, 0.4) is 0 Å². The molecule has 122 valence electrons. The fourth-order valence-electron chi connectivity index (χ4n) is 2.26. The number of rotatable bonds is 13. The molecule has 5 nitrogen and oxygen atoms in total. The molecule has 0 aliphatic carbocycles. The van der Waals surface area contributed by atoms with Gasteiger partial charge in [0.15, 0.2) is 0 Å². The Kier molecular flexibility index (Phi) is 12.4. The van der Waals surface area contributed by atoms with E-state index in [1.807, 2.05) is 0 Å². The van der Waals surface area contributed by atoms with Crippen LogP contribution < -0.4 is 5.32 Å². The number of aliphatic hydroxyl groups is 1. The quantitative estimate of drug-likeness (QED) is 0.473. The number of nitrogens with one attached hydrogen (secondary N) is 1. The number of hydrogen-bond acceptors (Lipinski definition) is 5. The highest BCUT2D eigenvalue weighted by atomic mass is 16.3. The maximum atomic E-state index is 9.12. The van der Waals surface area contributed by atoms with Gasteiger partial charge in [0.2, 0.25) is 0 Å². The molecular formula is C15H36N4O. The predicted molar refractivity (Wildman–Crippen MR) is 87.3 cm³/mol. The predicted octanol–water partition coefficient (Wildman–Crippen LogP) is 0.162. The van der Waals surface area contributed by atoms with Crippen molar-refractivity contribution in [2.24, 2.45) is 0 Å². The summed E-state index contributed by atoms with van der Waals surface area (Å²) in [6, 6.07) is 0.491. The molecule has 0 saturated carbocycles. The summed E-state index contributed by atoms with van der Waals surface area (Å²) in [6.07, 6.45) is 1.15. The summed E-state index contributed by atoms with van der Waals surface area (Å²) >= 11 is 0. The first-order valence-electron chi connectivity index (χ1n) is 7.94. The van der Waals surface area contributed by atoms with E-state index in [1.54, 1.807) is 0 Å². The van der Waals surface area contributed by atoms with Gasteiger partial charge in [-0.05, 0) is 47.2 Å². The molecule has 2 N–H and O–H groups in total. The summed E-state index contributed by atoms with van der Waals surface area (Å²) in [5.74, 6) is 0. The summed E-state index contributed by atoms with van der Waals surface area (Å²) in [4.78, 5) is 6.92. The standard InChI is InChI=1S/C15H36N4O/c1-6-19(7-2)10-8-15(18(5)12-13-20)14-16-9-11-17(3)4/h15-16,20H,6-14H2,1-5H3. The fourth-order valence-corrected chi connectivity index (χ4v) is 2.26. The van der Waals surface area contributed by atoms with E-state index in [2.05, 4.69) is 55.0 Å². The Hall–Kier alpha value is -0.200. The Morgan fingerprint density at radius 2 is 1.65 bits per heavy atom. The lowest BCUT2D eigenvalue weighted by molar-refractivity contribution is 0.157. The molecular weight excluding hydrogens is 252 g/mol. The van der Waals surface area contributed by atoms with Crippen LogP contribution in [0, 0.1) is 0 Å². The third-order valence-electron chi connectivity index (χ3n) is 3.86. The highest BCUT2D eigenvalue weighted by Crippen LogP contribution is 2.03. The van der Waals surface area contributed by atoms with Gasteiger partial charge in [0.25, 0.3) is 0 Å². The first kappa shape index (κ1) is 19.8. The molecule has 0 fully saturated rings. The molecule has 0 aliphatic rings. The normalized spacial score (nSPS) is 13.7. The number of nitrogens with zero attached hydrogens (tertiary/aromatic N) is 3. The third-order valence-corrected chi connectivity index (χ3v) is 3.86. The molecule has 0 saturated heterocycles. The zero-order chi connectivity index (χ0) is 15.4. The van der Waals surface area contributed by atoms with Crippen molar-refractivity contribution in [1.29, 1.82) is 0 Å². The average Bonchev–Trinajstić information content (AvgIpc) is 2.41. The topological polar surface area (TPSA) is 42.0 Å². The van der Waals surface area contributed by atoms with Crippen LogP contribution >= 0.6 is 0 Å². The Balaban J connectivity index is 4.12. The van der Waals surface area contributed by atoms with Crippen LogP contribution in [0.15, 0.2) is 0 Å². The van der Waals surface area contributed by atoms with Crippen molar-refractivity contribution < 1.29 is 5.11 Å². The highest BCUT2D eigenvalue weighted by Gasteiger charge is 2.15. The summed E-state index contributed by atoms with van der Waals surface area (Å²) < 4.78 is 0.